The molecule has 3 nitrogen and oxygen atoms in total. The van der Waals surface area contributed by atoms with Crippen molar-refractivity contribution in [3.8, 4) is 0 Å². The summed E-state index contributed by atoms with van der Waals surface area (Å²) in [5.41, 5.74) is 0.606. The van der Waals surface area contributed by atoms with E-state index in [1.807, 2.05) is 5.38 Å². The molecule has 0 radical (unpaired) electrons. The van der Waals surface area contributed by atoms with Gasteiger partial charge in [-0.3, -0.25) is 9.59 Å². The first kappa shape index (κ1) is 10.1. The summed E-state index contributed by atoms with van der Waals surface area (Å²) in [4.78, 5) is 22.3. The molecule has 0 saturated heterocycles. The van der Waals surface area contributed by atoms with Gasteiger partial charge < -0.3 is 4.74 Å². The van der Waals surface area contributed by atoms with Crippen molar-refractivity contribution < 1.29 is 14.3 Å². The van der Waals surface area contributed by atoms with E-state index >= 15 is 0 Å². The van der Waals surface area contributed by atoms with Gasteiger partial charge in [-0.2, -0.15) is 11.3 Å². The molecule has 1 aromatic rings. The molecule has 1 rings (SSSR count). The first-order valence-corrected chi connectivity index (χ1v) is 4.74. The Bertz CT molecular complexity index is 290. The number of hydrogen-bond donors (Lipinski definition) is 0. The molecule has 0 fully saturated rings. The fraction of sp³-hybridized carbons (Fsp3) is 0.333. The number of Topliss-reactive ketones (excluding diaryl/α,β-unsaturated/α-hetero) is 2. The first-order valence-electron chi connectivity index (χ1n) is 3.80. The van der Waals surface area contributed by atoms with Crippen LogP contribution in [-0.4, -0.2) is 25.3 Å². The maximum atomic E-state index is 11.3. The maximum Gasteiger partial charge on any atom is 0.171 e. The van der Waals surface area contributed by atoms with Crippen molar-refractivity contribution in [1.82, 2.24) is 0 Å². The van der Waals surface area contributed by atoms with Crippen molar-refractivity contribution >= 4 is 22.9 Å². The molecule has 0 spiro atoms. The second kappa shape index (κ2) is 4.89. The molecule has 0 bridgehead atoms. The fourth-order valence-corrected chi connectivity index (χ4v) is 1.58. The van der Waals surface area contributed by atoms with Crippen LogP contribution in [0, 0.1) is 0 Å². The number of carbonyl (C=O) groups excluding carboxylic acids is 2. The van der Waals surface area contributed by atoms with E-state index in [1.54, 1.807) is 11.4 Å². The van der Waals surface area contributed by atoms with Gasteiger partial charge in [0.2, 0.25) is 0 Å². The van der Waals surface area contributed by atoms with E-state index in [9.17, 15) is 9.59 Å². The molecule has 0 aliphatic heterocycles. The lowest BCUT2D eigenvalue weighted by atomic mass is 10.1. The normalized spacial score (nSPS) is 9.92. The zero-order chi connectivity index (χ0) is 9.68. The number of ether oxygens (including phenoxy) is 1. The van der Waals surface area contributed by atoms with Crippen LogP contribution >= 0.6 is 11.3 Å². The van der Waals surface area contributed by atoms with Gasteiger partial charge in [0.15, 0.2) is 11.6 Å². The summed E-state index contributed by atoms with van der Waals surface area (Å²) in [5, 5.41) is 3.55. The lowest BCUT2D eigenvalue weighted by Gasteiger charge is -1.96. The van der Waals surface area contributed by atoms with Crippen molar-refractivity contribution in [1.29, 1.82) is 0 Å². The first-order chi connectivity index (χ1) is 6.24. The number of hydrogen-bond acceptors (Lipinski definition) is 4. The summed E-state index contributed by atoms with van der Waals surface area (Å²) in [6.45, 7) is 0.00980. The lowest BCUT2D eigenvalue weighted by molar-refractivity contribution is -0.121. The minimum Gasteiger partial charge on any atom is -0.377 e. The Morgan fingerprint density at radius 2 is 2.31 bits per heavy atom. The molecular weight excluding hydrogens is 188 g/mol. The average Bonchev–Trinajstić information content (AvgIpc) is 2.55. The van der Waals surface area contributed by atoms with E-state index in [1.165, 1.54) is 18.4 Å². The molecule has 70 valence electrons. The fourth-order valence-electron chi connectivity index (χ4n) is 0.916. The second-order valence-electron chi connectivity index (χ2n) is 2.58. The molecule has 0 atom stereocenters. The summed E-state index contributed by atoms with van der Waals surface area (Å²) in [6, 6.07) is 1.72. The quantitative estimate of drug-likeness (QED) is 0.532. The molecular formula is C9H10O3S. The minimum absolute atomic E-state index is 0.00980. The number of ketones is 2. The largest absolute Gasteiger partial charge is 0.377 e. The molecule has 0 saturated carbocycles. The second-order valence-corrected chi connectivity index (χ2v) is 3.36. The van der Waals surface area contributed by atoms with Crippen LogP contribution in [0.3, 0.4) is 0 Å². The Labute approximate surface area is 80.3 Å². The molecule has 0 aromatic carbocycles. The highest BCUT2D eigenvalue weighted by molar-refractivity contribution is 7.08. The van der Waals surface area contributed by atoms with Crippen LogP contribution in [0.4, 0.5) is 0 Å². The zero-order valence-electron chi connectivity index (χ0n) is 7.28. The number of thiophene rings is 1. The van der Waals surface area contributed by atoms with Crippen LogP contribution in [0.2, 0.25) is 0 Å². The Morgan fingerprint density at radius 3 is 2.85 bits per heavy atom. The molecule has 1 aromatic heterocycles. The molecule has 4 heteroatoms. The van der Waals surface area contributed by atoms with Crippen molar-refractivity contribution in [2.75, 3.05) is 13.7 Å². The number of rotatable bonds is 5. The molecule has 0 unspecified atom stereocenters. The van der Waals surface area contributed by atoms with Crippen LogP contribution in [0.1, 0.15) is 16.8 Å². The van der Waals surface area contributed by atoms with E-state index in [-0.39, 0.29) is 24.6 Å². The van der Waals surface area contributed by atoms with Gasteiger partial charge >= 0.3 is 0 Å². The Balaban J connectivity index is 2.47. The highest BCUT2D eigenvalue weighted by Gasteiger charge is 2.11. The van der Waals surface area contributed by atoms with Crippen LogP contribution in [-0.2, 0) is 9.53 Å². The number of methoxy groups -OCH3 is 1. The van der Waals surface area contributed by atoms with Gasteiger partial charge in [-0.15, -0.1) is 0 Å². The lowest BCUT2D eigenvalue weighted by Crippen LogP contribution is -2.12. The van der Waals surface area contributed by atoms with E-state index in [0.29, 0.717) is 5.56 Å². The predicted octanol–water partition coefficient (Wildman–Crippen LogP) is 1.54. The monoisotopic (exact) mass is 198 g/mol. The molecule has 13 heavy (non-hydrogen) atoms. The SMILES string of the molecule is COCC(=O)CC(=O)c1ccsc1. The maximum absolute atomic E-state index is 11.3. The van der Waals surface area contributed by atoms with Gasteiger partial charge in [-0.1, -0.05) is 0 Å². The topological polar surface area (TPSA) is 43.4 Å². The van der Waals surface area contributed by atoms with E-state index < -0.39 is 0 Å². The molecule has 0 aliphatic rings. The van der Waals surface area contributed by atoms with Gasteiger partial charge in [-0.05, 0) is 11.4 Å². The summed E-state index contributed by atoms with van der Waals surface area (Å²) >= 11 is 1.44. The molecule has 1 heterocycles. The van der Waals surface area contributed by atoms with Crippen molar-refractivity contribution in [3.05, 3.63) is 22.4 Å². The highest BCUT2D eigenvalue weighted by Crippen LogP contribution is 2.08. The van der Waals surface area contributed by atoms with E-state index in [2.05, 4.69) is 4.74 Å². The third kappa shape index (κ3) is 3.08. The highest BCUT2D eigenvalue weighted by atomic mass is 32.1. The van der Waals surface area contributed by atoms with Crippen molar-refractivity contribution in [2.45, 2.75) is 6.42 Å². The van der Waals surface area contributed by atoms with E-state index in [0.717, 1.165) is 0 Å². The smallest absolute Gasteiger partial charge is 0.171 e. The standard InChI is InChI=1S/C9H10O3S/c1-12-5-8(10)4-9(11)7-2-3-13-6-7/h2-3,6H,4-5H2,1H3. The predicted molar refractivity (Wildman–Crippen MR) is 50.1 cm³/mol. The van der Waals surface area contributed by atoms with Crippen molar-refractivity contribution in [3.63, 3.8) is 0 Å². The third-order valence-electron chi connectivity index (χ3n) is 1.51. The molecule has 0 aliphatic carbocycles. The molecule has 0 N–H and O–H groups in total. The van der Waals surface area contributed by atoms with E-state index in [4.69, 9.17) is 0 Å². The average molecular weight is 198 g/mol. The third-order valence-corrected chi connectivity index (χ3v) is 2.19. The summed E-state index contributed by atoms with van der Waals surface area (Å²) in [7, 11) is 1.44. The summed E-state index contributed by atoms with van der Waals surface area (Å²) in [6.07, 6.45) is -0.0649. The van der Waals surface area contributed by atoms with Crippen LogP contribution in [0.5, 0.6) is 0 Å². The zero-order valence-corrected chi connectivity index (χ0v) is 8.10. The van der Waals surface area contributed by atoms with Gasteiger partial charge in [0.05, 0.1) is 6.42 Å². The van der Waals surface area contributed by atoms with Gasteiger partial charge in [0.25, 0.3) is 0 Å². The molecule has 0 amide bonds. The van der Waals surface area contributed by atoms with Gasteiger partial charge in [0, 0.05) is 18.1 Å². The van der Waals surface area contributed by atoms with Crippen LogP contribution in [0.25, 0.3) is 0 Å². The Hall–Kier alpha value is -1.000. The van der Waals surface area contributed by atoms with Gasteiger partial charge in [0.1, 0.15) is 6.61 Å². The summed E-state index contributed by atoms with van der Waals surface area (Å²) < 4.78 is 4.62. The van der Waals surface area contributed by atoms with Crippen LogP contribution < -0.4 is 0 Å². The van der Waals surface area contributed by atoms with Crippen LogP contribution in [0.15, 0.2) is 16.8 Å². The Morgan fingerprint density at radius 1 is 1.54 bits per heavy atom. The number of carbonyl (C=O) groups is 2. The minimum atomic E-state index is -0.182. The Kier molecular flexibility index (Phi) is 3.79. The van der Waals surface area contributed by atoms with Gasteiger partial charge in [-0.25, -0.2) is 0 Å². The van der Waals surface area contributed by atoms with Crippen molar-refractivity contribution in [2.24, 2.45) is 0 Å². The summed E-state index contributed by atoms with van der Waals surface area (Å²) in [5.74, 6) is -0.318.